The molecule has 0 unspecified atom stereocenters. The molecule has 0 amide bonds. The highest BCUT2D eigenvalue weighted by Crippen LogP contribution is 2.30. The molecule has 0 N–H and O–H groups in total. The zero-order valence-electron chi connectivity index (χ0n) is 6.49. The second-order valence-corrected chi connectivity index (χ2v) is 3.26. The summed E-state index contributed by atoms with van der Waals surface area (Å²) in [6, 6.07) is 0. The summed E-state index contributed by atoms with van der Waals surface area (Å²) in [4.78, 5) is 1.34. The first-order chi connectivity index (χ1) is 4.97. The Balaban J connectivity index is 2.13. The van der Waals surface area contributed by atoms with Crippen molar-refractivity contribution in [2.75, 3.05) is 20.1 Å². The van der Waals surface area contributed by atoms with Gasteiger partial charge in [0.2, 0.25) is 0 Å². The van der Waals surface area contributed by atoms with Crippen LogP contribution in [0.3, 0.4) is 0 Å². The second-order valence-electron chi connectivity index (χ2n) is 3.26. The zero-order valence-corrected chi connectivity index (χ0v) is 6.49. The maximum atomic E-state index is 11.7. The summed E-state index contributed by atoms with van der Waals surface area (Å²) in [7, 11) is 1.52. The quantitative estimate of drug-likeness (QED) is 0.620. The maximum absolute atomic E-state index is 11.7. The third-order valence-electron chi connectivity index (χ3n) is 1.72. The molecule has 0 atom stereocenters. The molecule has 0 radical (unpaired) electrons. The van der Waals surface area contributed by atoms with Crippen LogP contribution in [0.5, 0.6) is 0 Å². The first-order valence-electron chi connectivity index (χ1n) is 3.72. The summed E-state index contributed by atoms with van der Waals surface area (Å²) in [6.07, 6.45) is -1.84. The highest BCUT2D eigenvalue weighted by atomic mass is 19.4. The summed E-state index contributed by atoms with van der Waals surface area (Å²) < 4.78 is 35.2. The molecule has 1 aliphatic rings. The van der Waals surface area contributed by atoms with Crippen molar-refractivity contribution in [2.45, 2.75) is 19.0 Å². The average Bonchev–Trinajstić information content (AvgIpc) is 2.42. The van der Waals surface area contributed by atoms with Crippen LogP contribution in [0.1, 0.15) is 12.8 Å². The highest BCUT2D eigenvalue weighted by molar-refractivity contribution is 4.76. The molecule has 66 valence electrons. The molecule has 1 saturated carbocycles. The van der Waals surface area contributed by atoms with Crippen LogP contribution in [-0.4, -0.2) is 31.2 Å². The third-order valence-corrected chi connectivity index (χ3v) is 1.72. The largest absolute Gasteiger partial charge is 0.401 e. The van der Waals surface area contributed by atoms with E-state index in [-0.39, 0.29) is 0 Å². The predicted octanol–water partition coefficient (Wildman–Crippen LogP) is 1.89. The fourth-order valence-corrected chi connectivity index (χ4v) is 1.11. The number of nitrogens with zero attached hydrogens (tertiary/aromatic N) is 1. The molecule has 4 heteroatoms. The van der Waals surface area contributed by atoms with Gasteiger partial charge in [-0.2, -0.15) is 13.2 Å². The van der Waals surface area contributed by atoms with E-state index < -0.39 is 12.7 Å². The van der Waals surface area contributed by atoms with Crippen molar-refractivity contribution in [3.63, 3.8) is 0 Å². The van der Waals surface area contributed by atoms with Gasteiger partial charge in [-0.15, -0.1) is 0 Å². The Labute approximate surface area is 64.2 Å². The molecule has 1 nitrogen and oxygen atoms in total. The summed E-state index contributed by atoms with van der Waals surface area (Å²) in [6.45, 7) is -0.178. The smallest absolute Gasteiger partial charge is 0.298 e. The van der Waals surface area contributed by atoms with Crippen LogP contribution in [0.15, 0.2) is 0 Å². The molecular weight excluding hydrogens is 155 g/mol. The Bertz CT molecular complexity index is 128. The molecule has 0 heterocycles. The van der Waals surface area contributed by atoms with Crippen molar-refractivity contribution in [3.05, 3.63) is 0 Å². The van der Waals surface area contributed by atoms with Crippen LogP contribution >= 0.6 is 0 Å². The molecule has 0 aliphatic heterocycles. The zero-order chi connectivity index (χ0) is 8.48. The van der Waals surface area contributed by atoms with Crippen LogP contribution in [0, 0.1) is 5.92 Å². The number of alkyl halides is 3. The lowest BCUT2D eigenvalue weighted by atomic mass is 10.4. The number of hydrogen-bond donors (Lipinski definition) is 0. The van der Waals surface area contributed by atoms with E-state index in [0.29, 0.717) is 12.5 Å². The summed E-state index contributed by atoms with van der Waals surface area (Å²) in [5.74, 6) is 0.530. The van der Waals surface area contributed by atoms with Gasteiger partial charge in [-0.05, 0) is 25.8 Å². The standard InChI is InChI=1S/C7H12F3N/c1-11(4-6-2-3-6)5-7(8,9)10/h6H,2-5H2,1H3. The summed E-state index contributed by atoms with van der Waals surface area (Å²) in [5, 5.41) is 0. The number of rotatable bonds is 3. The Kier molecular flexibility index (Phi) is 2.42. The molecule has 11 heavy (non-hydrogen) atoms. The van der Waals surface area contributed by atoms with E-state index in [4.69, 9.17) is 0 Å². The van der Waals surface area contributed by atoms with Crippen molar-refractivity contribution in [2.24, 2.45) is 5.92 Å². The lowest BCUT2D eigenvalue weighted by Crippen LogP contribution is -2.32. The van der Waals surface area contributed by atoms with Gasteiger partial charge in [-0.1, -0.05) is 0 Å². The van der Waals surface area contributed by atoms with Crippen LogP contribution < -0.4 is 0 Å². The fourth-order valence-electron chi connectivity index (χ4n) is 1.11. The first-order valence-corrected chi connectivity index (χ1v) is 3.72. The Morgan fingerprint density at radius 3 is 2.27 bits per heavy atom. The molecular formula is C7H12F3N. The Hall–Kier alpha value is -0.250. The van der Waals surface area contributed by atoms with E-state index in [0.717, 1.165) is 12.8 Å². The van der Waals surface area contributed by atoms with E-state index in [1.54, 1.807) is 0 Å². The SMILES string of the molecule is CN(CC1CC1)CC(F)(F)F. The van der Waals surface area contributed by atoms with Gasteiger partial charge >= 0.3 is 6.18 Å². The fraction of sp³-hybridized carbons (Fsp3) is 1.00. The summed E-state index contributed by atoms with van der Waals surface area (Å²) in [5.41, 5.74) is 0. The summed E-state index contributed by atoms with van der Waals surface area (Å²) >= 11 is 0. The van der Waals surface area contributed by atoms with Gasteiger partial charge < -0.3 is 0 Å². The van der Waals surface area contributed by atoms with E-state index in [1.807, 2.05) is 0 Å². The van der Waals surface area contributed by atoms with Crippen molar-refractivity contribution in [1.82, 2.24) is 4.90 Å². The minimum Gasteiger partial charge on any atom is -0.298 e. The average molecular weight is 167 g/mol. The molecule has 0 spiro atoms. The highest BCUT2D eigenvalue weighted by Gasteiger charge is 2.31. The molecule has 0 aromatic heterocycles. The van der Waals surface area contributed by atoms with Crippen molar-refractivity contribution < 1.29 is 13.2 Å². The normalized spacial score (nSPS) is 19.4. The number of hydrogen-bond acceptors (Lipinski definition) is 1. The Morgan fingerprint density at radius 1 is 1.36 bits per heavy atom. The van der Waals surface area contributed by atoms with E-state index in [1.165, 1.54) is 11.9 Å². The van der Waals surface area contributed by atoms with Gasteiger partial charge in [-0.25, -0.2) is 0 Å². The van der Waals surface area contributed by atoms with Crippen molar-refractivity contribution >= 4 is 0 Å². The van der Waals surface area contributed by atoms with Crippen LogP contribution in [0.2, 0.25) is 0 Å². The van der Waals surface area contributed by atoms with Gasteiger partial charge in [0.25, 0.3) is 0 Å². The van der Waals surface area contributed by atoms with Gasteiger partial charge in [-0.3, -0.25) is 4.90 Å². The monoisotopic (exact) mass is 167 g/mol. The van der Waals surface area contributed by atoms with Gasteiger partial charge in [0.15, 0.2) is 0 Å². The predicted molar refractivity (Wildman–Crippen MR) is 36.3 cm³/mol. The molecule has 0 bridgehead atoms. The first kappa shape index (κ1) is 8.84. The van der Waals surface area contributed by atoms with Gasteiger partial charge in [0, 0.05) is 6.54 Å². The van der Waals surface area contributed by atoms with Gasteiger partial charge in [0.1, 0.15) is 0 Å². The Morgan fingerprint density at radius 2 is 1.91 bits per heavy atom. The molecule has 1 rings (SSSR count). The van der Waals surface area contributed by atoms with Crippen molar-refractivity contribution in [3.8, 4) is 0 Å². The van der Waals surface area contributed by atoms with E-state index in [2.05, 4.69) is 0 Å². The molecule has 0 saturated heterocycles. The molecule has 1 fully saturated rings. The molecule has 0 aromatic rings. The van der Waals surface area contributed by atoms with Gasteiger partial charge in [0.05, 0.1) is 6.54 Å². The van der Waals surface area contributed by atoms with E-state index in [9.17, 15) is 13.2 Å². The minimum atomic E-state index is -4.04. The van der Waals surface area contributed by atoms with Crippen LogP contribution in [0.4, 0.5) is 13.2 Å². The van der Waals surface area contributed by atoms with Crippen LogP contribution in [0.25, 0.3) is 0 Å². The number of halogens is 3. The molecule has 1 aliphatic carbocycles. The topological polar surface area (TPSA) is 3.24 Å². The maximum Gasteiger partial charge on any atom is 0.401 e. The van der Waals surface area contributed by atoms with Crippen molar-refractivity contribution in [1.29, 1.82) is 0 Å². The second kappa shape index (κ2) is 3.01. The molecule has 0 aromatic carbocycles. The lowest BCUT2D eigenvalue weighted by Gasteiger charge is -2.17. The van der Waals surface area contributed by atoms with E-state index >= 15 is 0 Å². The van der Waals surface area contributed by atoms with Crippen LogP contribution in [-0.2, 0) is 0 Å². The third kappa shape index (κ3) is 4.24. The lowest BCUT2D eigenvalue weighted by molar-refractivity contribution is -0.143. The minimum absolute atomic E-state index is 0.530.